The van der Waals surface area contributed by atoms with Crippen LogP contribution in [0.3, 0.4) is 0 Å². The van der Waals surface area contributed by atoms with Crippen molar-refractivity contribution in [2.24, 2.45) is 10.9 Å². The third-order valence-corrected chi connectivity index (χ3v) is 7.17. The number of para-hydroxylation sites is 1. The number of anilines is 1. The van der Waals surface area contributed by atoms with Gasteiger partial charge in [-0.15, -0.1) is 16.8 Å². The molecule has 0 fully saturated rings. The van der Waals surface area contributed by atoms with Crippen LogP contribution in [0.2, 0.25) is 0 Å². The van der Waals surface area contributed by atoms with Crippen LogP contribution in [0.5, 0.6) is 0 Å². The molecule has 4 rings (SSSR count). The summed E-state index contributed by atoms with van der Waals surface area (Å²) in [4.78, 5) is 46.8. The highest BCUT2D eigenvalue weighted by molar-refractivity contribution is 8.03. The lowest BCUT2D eigenvalue weighted by Crippen LogP contribution is -2.52. The number of amidine groups is 1. The molecular formula is C23H27N4O3S+. The first-order valence-corrected chi connectivity index (χ1v) is 11.6. The third kappa shape index (κ3) is 3.84. The van der Waals surface area contributed by atoms with Gasteiger partial charge in [0.15, 0.2) is 5.92 Å². The van der Waals surface area contributed by atoms with Gasteiger partial charge in [-0.1, -0.05) is 31.5 Å². The predicted octanol–water partition coefficient (Wildman–Crippen LogP) is 3.09. The van der Waals surface area contributed by atoms with Gasteiger partial charge in [-0.3, -0.25) is 9.59 Å². The monoisotopic (exact) mass is 439 g/mol. The molecule has 0 saturated carbocycles. The van der Waals surface area contributed by atoms with E-state index in [1.54, 1.807) is 13.3 Å². The van der Waals surface area contributed by atoms with Crippen molar-refractivity contribution in [1.82, 2.24) is 4.90 Å². The molecule has 4 amide bonds. The fourth-order valence-corrected chi connectivity index (χ4v) is 5.49. The fourth-order valence-electron chi connectivity index (χ4n) is 4.34. The first kappa shape index (κ1) is 21.5. The lowest BCUT2D eigenvalue weighted by Gasteiger charge is -2.31. The predicted molar refractivity (Wildman–Crippen MR) is 123 cm³/mol. The summed E-state index contributed by atoms with van der Waals surface area (Å²) in [6, 6.07) is 7.65. The number of dihydropyridines is 1. The Balaban J connectivity index is 1.61. The Morgan fingerprint density at radius 2 is 2.06 bits per heavy atom. The van der Waals surface area contributed by atoms with Gasteiger partial charge in [0, 0.05) is 17.1 Å². The highest BCUT2D eigenvalue weighted by atomic mass is 32.2. The molecule has 0 N–H and O–H groups in total. The van der Waals surface area contributed by atoms with E-state index >= 15 is 0 Å². The molecule has 1 aromatic carbocycles. The molecule has 8 heteroatoms. The minimum absolute atomic E-state index is 0.0330. The maximum absolute atomic E-state index is 13.2. The summed E-state index contributed by atoms with van der Waals surface area (Å²) in [5.74, 6) is -0.215. The zero-order valence-electron chi connectivity index (χ0n) is 18.1. The Kier molecular flexibility index (Phi) is 6.09. The molecule has 7 nitrogen and oxygen atoms in total. The number of allylic oxidation sites excluding steroid dienone is 1. The summed E-state index contributed by atoms with van der Waals surface area (Å²) in [6.07, 6.45) is 5.35. The lowest BCUT2D eigenvalue weighted by atomic mass is 9.96. The van der Waals surface area contributed by atoms with Crippen LogP contribution in [0.4, 0.5) is 10.5 Å². The van der Waals surface area contributed by atoms with E-state index < -0.39 is 11.9 Å². The van der Waals surface area contributed by atoms with Crippen LogP contribution < -0.4 is 4.90 Å². The highest BCUT2D eigenvalue weighted by Gasteiger charge is 2.48. The van der Waals surface area contributed by atoms with Gasteiger partial charge in [0.05, 0.1) is 19.8 Å². The highest BCUT2D eigenvalue weighted by Crippen LogP contribution is 2.37. The van der Waals surface area contributed by atoms with Crippen LogP contribution in [0.15, 0.2) is 39.7 Å². The van der Waals surface area contributed by atoms with Crippen molar-refractivity contribution in [3.05, 3.63) is 40.3 Å². The van der Waals surface area contributed by atoms with Crippen molar-refractivity contribution < 1.29 is 19.0 Å². The number of rotatable bonds is 5. The number of aliphatic imine (C=N–C) groups is 1. The number of benzene rings is 1. The summed E-state index contributed by atoms with van der Waals surface area (Å²) >= 11 is 1.41. The number of imide groups is 1. The first-order valence-electron chi connectivity index (χ1n) is 10.6. The quantitative estimate of drug-likeness (QED) is 0.661. The maximum atomic E-state index is 13.2. The standard InChI is InChI=1S/C23H27N4O3S/c1-4-8-16-13-24-21-19(22(29)26(3)23(30)25(21)2)20(16)31-14-18(28)27-12-7-10-15-9-5-6-11-17(15)27/h5-6,9,11,13,19H,4,7-8,10,12,14H2,1-3H3/q+1. The topological polar surface area (TPSA) is 73.1 Å². The average Bonchev–Trinajstić information content (AvgIpc) is 2.79. The summed E-state index contributed by atoms with van der Waals surface area (Å²) in [7, 11) is 3.13. The third-order valence-electron chi connectivity index (χ3n) is 5.97. The molecule has 3 heterocycles. The van der Waals surface area contributed by atoms with Crippen LogP contribution in [-0.2, 0) is 16.0 Å². The SMILES string of the molecule is CCCC1=C(SCC(=O)N2CCCc3ccccc32)C2C(=O)N(C)C(=O)[N+](C)=C2N=C1. The summed E-state index contributed by atoms with van der Waals surface area (Å²) in [6.45, 7) is 2.78. The van der Waals surface area contributed by atoms with E-state index in [1.807, 2.05) is 23.1 Å². The van der Waals surface area contributed by atoms with Crippen molar-refractivity contribution in [3.8, 4) is 0 Å². The number of hydrogen-bond acceptors (Lipinski definition) is 5. The molecule has 0 aromatic heterocycles. The maximum Gasteiger partial charge on any atom is 0.445 e. The molecule has 0 radical (unpaired) electrons. The first-order chi connectivity index (χ1) is 14.9. The van der Waals surface area contributed by atoms with E-state index in [-0.39, 0.29) is 17.6 Å². The van der Waals surface area contributed by atoms with E-state index in [9.17, 15) is 14.4 Å². The minimum atomic E-state index is -0.634. The van der Waals surface area contributed by atoms with E-state index in [4.69, 9.17) is 0 Å². The van der Waals surface area contributed by atoms with Crippen LogP contribution in [-0.4, -0.2) is 65.8 Å². The van der Waals surface area contributed by atoms with Gasteiger partial charge in [0.1, 0.15) is 6.21 Å². The second kappa shape index (κ2) is 8.78. The van der Waals surface area contributed by atoms with Gasteiger partial charge in [-0.05, 0) is 36.5 Å². The Hall–Kier alpha value is -2.74. The van der Waals surface area contributed by atoms with Crippen LogP contribution in [0.25, 0.3) is 0 Å². The molecule has 0 saturated heterocycles. The van der Waals surface area contributed by atoms with Crippen molar-refractivity contribution in [2.75, 3.05) is 31.3 Å². The molecule has 0 aliphatic carbocycles. The second-order valence-corrected chi connectivity index (χ2v) is 9.01. The minimum Gasteiger partial charge on any atom is -0.311 e. The lowest BCUT2D eigenvalue weighted by molar-refractivity contribution is -0.407. The largest absolute Gasteiger partial charge is 0.445 e. The molecule has 3 aliphatic heterocycles. The number of thioether (sulfide) groups is 1. The number of urea groups is 1. The molecule has 0 bridgehead atoms. The molecule has 1 aromatic rings. The Morgan fingerprint density at radius 3 is 2.84 bits per heavy atom. The number of carbonyl (C=O) groups excluding carboxylic acids is 3. The number of amides is 4. The van der Waals surface area contributed by atoms with E-state index in [0.29, 0.717) is 12.4 Å². The van der Waals surface area contributed by atoms with Gasteiger partial charge < -0.3 is 4.90 Å². The van der Waals surface area contributed by atoms with Crippen molar-refractivity contribution >= 4 is 47.3 Å². The molecule has 1 atom stereocenters. The van der Waals surface area contributed by atoms with Gasteiger partial charge in [-0.25, -0.2) is 4.79 Å². The number of carbonyl (C=O) groups is 3. The average molecular weight is 440 g/mol. The van der Waals surface area contributed by atoms with Crippen LogP contribution >= 0.6 is 11.8 Å². The molecule has 31 heavy (non-hydrogen) atoms. The number of nitrogens with zero attached hydrogens (tertiary/aromatic N) is 4. The van der Waals surface area contributed by atoms with Crippen molar-refractivity contribution in [3.63, 3.8) is 0 Å². The summed E-state index contributed by atoms with van der Waals surface area (Å²) in [5.41, 5.74) is 3.15. The number of fused-ring (bicyclic) bond motifs is 2. The summed E-state index contributed by atoms with van der Waals surface area (Å²) in [5, 5.41) is 0. The van der Waals surface area contributed by atoms with Gasteiger partial charge in [-0.2, -0.15) is 9.48 Å². The molecule has 3 aliphatic rings. The molecular weight excluding hydrogens is 412 g/mol. The molecule has 1 unspecified atom stereocenters. The van der Waals surface area contributed by atoms with Crippen LogP contribution in [0.1, 0.15) is 31.7 Å². The molecule has 0 spiro atoms. The number of hydrogen-bond donors (Lipinski definition) is 0. The summed E-state index contributed by atoms with van der Waals surface area (Å²) < 4.78 is 1.43. The number of aryl methyl sites for hydroxylation is 1. The van der Waals surface area contributed by atoms with Crippen molar-refractivity contribution in [2.45, 2.75) is 32.6 Å². The zero-order valence-corrected chi connectivity index (χ0v) is 18.9. The van der Waals surface area contributed by atoms with E-state index in [1.165, 1.54) is 28.9 Å². The van der Waals surface area contributed by atoms with Gasteiger partial charge >= 0.3 is 11.9 Å². The fraction of sp³-hybridized carbons (Fsp3) is 0.435. The Labute approximate surface area is 186 Å². The van der Waals surface area contributed by atoms with E-state index in [2.05, 4.69) is 18.0 Å². The Morgan fingerprint density at radius 1 is 1.29 bits per heavy atom. The second-order valence-electron chi connectivity index (χ2n) is 7.99. The van der Waals surface area contributed by atoms with E-state index in [0.717, 1.165) is 46.7 Å². The van der Waals surface area contributed by atoms with Gasteiger partial charge in [0.25, 0.3) is 5.84 Å². The smallest absolute Gasteiger partial charge is 0.311 e. The Bertz CT molecular complexity index is 1040. The zero-order chi connectivity index (χ0) is 22.1. The van der Waals surface area contributed by atoms with Crippen molar-refractivity contribution in [1.29, 1.82) is 0 Å². The van der Waals surface area contributed by atoms with Crippen LogP contribution in [0, 0.1) is 5.92 Å². The normalized spacial score (nSPS) is 20.9. The van der Waals surface area contributed by atoms with Gasteiger partial charge in [0.2, 0.25) is 5.91 Å². The molecule has 162 valence electrons.